The Morgan fingerprint density at radius 3 is 1.10 bits per heavy atom. The molecule has 0 bridgehead atoms. The van der Waals surface area contributed by atoms with E-state index >= 15 is 0 Å². The molecule has 0 aliphatic heterocycles. The molecular weight excluding hydrogens is 733 g/mol. The number of hydrogen-bond donors (Lipinski definition) is 6. The maximum Gasteiger partial charge on any atom is 0.412 e. The summed E-state index contributed by atoms with van der Waals surface area (Å²) in [6.45, 7) is 2.14. The molecule has 0 unspecified atom stereocenters. The molecule has 6 N–H and O–H groups in total. The molecule has 0 spiro atoms. The van der Waals surface area contributed by atoms with Crippen LogP contribution in [-0.2, 0) is 0 Å². The van der Waals surface area contributed by atoms with Crippen molar-refractivity contribution in [3.05, 3.63) is 109 Å². The Labute approximate surface area is 342 Å². The van der Waals surface area contributed by atoms with Gasteiger partial charge in [0, 0.05) is 26.2 Å². The molecule has 0 heterocycles. The van der Waals surface area contributed by atoms with Crippen LogP contribution in [0.25, 0.3) is 22.3 Å². The number of rotatable bonds is 20. The van der Waals surface area contributed by atoms with Crippen molar-refractivity contribution in [2.45, 2.75) is 89.1 Å². The average molecular weight is 791 g/mol. The zero-order chi connectivity index (χ0) is 40.6. The summed E-state index contributed by atoms with van der Waals surface area (Å²) in [6, 6.07) is 34.2. The van der Waals surface area contributed by atoms with E-state index in [1.165, 1.54) is 0 Å². The van der Waals surface area contributed by atoms with E-state index in [0.29, 0.717) is 37.7 Å². The molecule has 0 radical (unpaired) electrons. The normalized spacial score (nSPS) is 14.7. The first kappa shape index (κ1) is 43.1. The largest absolute Gasteiger partial charge is 0.412 e. The topological polar surface area (TPSA) is 159 Å². The highest BCUT2D eigenvalue weighted by Gasteiger charge is 2.27. The Bertz CT molecular complexity index is 1690. The van der Waals surface area contributed by atoms with Crippen molar-refractivity contribution in [2.24, 2.45) is 0 Å². The smallest absolute Gasteiger partial charge is 0.410 e. The average Bonchev–Trinajstić information content (AvgIpc) is 3.24. The third-order valence-corrected chi connectivity index (χ3v) is 10.1. The Morgan fingerprint density at radius 2 is 0.741 bits per heavy atom. The lowest BCUT2D eigenvalue weighted by atomic mass is 9.90. The number of amides is 6. The molecule has 0 saturated heterocycles. The van der Waals surface area contributed by atoms with Gasteiger partial charge in [-0.2, -0.15) is 0 Å². The van der Waals surface area contributed by atoms with E-state index < -0.39 is 12.2 Å². The molecule has 4 aromatic rings. The van der Waals surface area contributed by atoms with E-state index in [2.05, 4.69) is 31.9 Å². The van der Waals surface area contributed by atoms with Gasteiger partial charge in [0.2, 0.25) is 0 Å². The number of benzene rings is 4. The molecular formula is C46H58N6O6. The maximum absolute atomic E-state index is 12.6. The molecule has 1 aliphatic carbocycles. The van der Waals surface area contributed by atoms with E-state index in [9.17, 15) is 19.2 Å². The van der Waals surface area contributed by atoms with E-state index in [1.54, 1.807) is 24.3 Å². The number of nitrogens with one attached hydrogen (secondary N) is 6. The minimum absolute atomic E-state index is 0.125. The molecule has 1 aliphatic rings. The number of hydrogen-bond acceptors (Lipinski definition) is 6. The van der Waals surface area contributed by atoms with Gasteiger partial charge in [-0.1, -0.05) is 123 Å². The first-order valence-corrected chi connectivity index (χ1v) is 20.7. The van der Waals surface area contributed by atoms with Crippen molar-refractivity contribution in [1.29, 1.82) is 0 Å². The van der Waals surface area contributed by atoms with Crippen molar-refractivity contribution in [3.8, 4) is 33.8 Å². The number of carbonyl (C=O) groups excluding carboxylic acids is 4. The second kappa shape index (κ2) is 24.6. The van der Waals surface area contributed by atoms with Crippen molar-refractivity contribution in [2.75, 3.05) is 26.2 Å². The van der Waals surface area contributed by atoms with Gasteiger partial charge in [0.1, 0.15) is 11.5 Å². The zero-order valence-electron chi connectivity index (χ0n) is 33.3. The summed E-state index contributed by atoms with van der Waals surface area (Å²) in [5, 5.41) is 17.6. The third kappa shape index (κ3) is 15.8. The van der Waals surface area contributed by atoms with Crippen molar-refractivity contribution >= 4 is 24.2 Å². The fraction of sp³-hybridized carbons (Fsp3) is 0.391. The predicted molar refractivity (Wildman–Crippen MR) is 228 cm³/mol. The SMILES string of the molecule is O=C(NCCCCCCNC(=O)Oc1ccc(-c2ccccc2)cc1)N[C@H]1CCCC[C@@H]1NC(=O)NCCCCCCNC(=O)Oc1ccc(-c2ccccc2)cc1. The first-order valence-electron chi connectivity index (χ1n) is 20.7. The van der Waals surface area contributed by atoms with Gasteiger partial charge >= 0.3 is 24.2 Å². The van der Waals surface area contributed by atoms with Gasteiger partial charge < -0.3 is 41.4 Å². The standard InChI is InChI=1S/C46H58N6O6/c53-43(47-31-13-1-3-15-33-49-45(55)57-39-27-23-37(24-28-39)35-17-7-5-8-18-35)51-41-21-11-12-22-42(41)52-44(54)48-32-14-2-4-16-34-50-46(56)58-40-29-25-38(26-30-40)36-19-9-6-10-20-36/h5-10,17-20,23-30,41-42H,1-4,11-16,21-22,31-34H2,(H,49,55)(H,50,56)(H2,47,51,53)(H2,48,52,54)/t41-,42-/m0/s1. The van der Waals surface area contributed by atoms with E-state index in [4.69, 9.17) is 9.47 Å². The molecule has 1 fully saturated rings. The summed E-state index contributed by atoms with van der Waals surface area (Å²) in [5.74, 6) is 0.988. The van der Waals surface area contributed by atoms with Crippen LogP contribution in [0.4, 0.5) is 19.2 Å². The van der Waals surface area contributed by atoms with Crippen LogP contribution >= 0.6 is 0 Å². The molecule has 12 nitrogen and oxygen atoms in total. The van der Waals surface area contributed by atoms with Gasteiger partial charge in [-0.25, -0.2) is 19.2 Å². The highest BCUT2D eigenvalue weighted by molar-refractivity contribution is 5.76. The summed E-state index contributed by atoms with van der Waals surface area (Å²) in [5.41, 5.74) is 4.32. The monoisotopic (exact) mass is 790 g/mol. The van der Waals surface area contributed by atoms with Gasteiger partial charge in [-0.15, -0.1) is 0 Å². The Morgan fingerprint density at radius 1 is 0.414 bits per heavy atom. The first-order chi connectivity index (χ1) is 28.4. The Kier molecular flexibility index (Phi) is 18.2. The molecule has 12 heteroatoms. The number of unbranched alkanes of at least 4 members (excludes halogenated alkanes) is 6. The molecule has 6 amide bonds. The predicted octanol–water partition coefficient (Wildman–Crippen LogP) is 8.93. The van der Waals surface area contributed by atoms with Crippen LogP contribution in [0.15, 0.2) is 109 Å². The van der Waals surface area contributed by atoms with Crippen LogP contribution in [0.5, 0.6) is 11.5 Å². The van der Waals surface area contributed by atoms with E-state index in [1.807, 2.05) is 84.9 Å². The van der Waals surface area contributed by atoms with Crippen LogP contribution in [0.3, 0.4) is 0 Å². The number of ether oxygens (including phenoxy) is 2. The van der Waals surface area contributed by atoms with Crippen LogP contribution < -0.4 is 41.4 Å². The highest BCUT2D eigenvalue weighted by Crippen LogP contribution is 2.23. The van der Waals surface area contributed by atoms with E-state index in [-0.39, 0.29) is 24.1 Å². The second-order valence-corrected chi connectivity index (χ2v) is 14.5. The Hall–Kier alpha value is -6.04. The van der Waals surface area contributed by atoms with Gasteiger partial charge in [0.15, 0.2) is 0 Å². The Balaban J connectivity index is 0.832. The summed E-state index contributed by atoms with van der Waals surface area (Å²) >= 11 is 0. The lowest BCUT2D eigenvalue weighted by Crippen LogP contribution is -2.56. The van der Waals surface area contributed by atoms with Crippen LogP contribution in [0.1, 0.15) is 77.0 Å². The minimum atomic E-state index is -0.473. The molecule has 0 aromatic heterocycles. The summed E-state index contributed by atoms with van der Waals surface area (Å²) in [4.78, 5) is 49.7. The van der Waals surface area contributed by atoms with Gasteiger partial charge in [0.25, 0.3) is 0 Å². The molecule has 1 saturated carbocycles. The van der Waals surface area contributed by atoms with Crippen molar-refractivity contribution in [1.82, 2.24) is 31.9 Å². The van der Waals surface area contributed by atoms with Crippen LogP contribution in [0, 0.1) is 0 Å². The highest BCUT2D eigenvalue weighted by atomic mass is 16.6. The summed E-state index contributed by atoms with van der Waals surface area (Å²) < 4.78 is 10.8. The fourth-order valence-electron chi connectivity index (χ4n) is 6.89. The summed E-state index contributed by atoms with van der Waals surface area (Å²) in [7, 11) is 0. The van der Waals surface area contributed by atoms with Gasteiger partial charge in [-0.3, -0.25) is 0 Å². The third-order valence-electron chi connectivity index (χ3n) is 10.1. The summed E-state index contributed by atoms with van der Waals surface area (Å²) in [6.07, 6.45) is 9.64. The van der Waals surface area contributed by atoms with Crippen LogP contribution in [0.2, 0.25) is 0 Å². The molecule has 4 aromatic carbocycles. The maximum atomic E-state index is 12.6. The molecule has 5 rings (SSSR count). The minimum Gasteiger partial charge on any atom is -0.410 e. The lowest BCUT2D eigenvalue weighted by Gasteiger charge is -2.32. The van der Waals surface area contributed by atoms with Gasteiger partial charge in [0.05, 0.1) is 12.1 Å². The second-order valence-electron chi connectivity index (χ2n) is 14.5. The lowest BCUT2D eigenvalue weighted by molar-refractivity contribution is 0.199. The van der Waals surface area contributed by atoms with E-state index in [0.717, 1.165) is 99.3 Å². The quantitative estimate of drug-likeness (QED) is 0.0491. The number of carbonyl (C=O) groups is 4. The number of urea groups is 2. The molecule has 2 atom stereocenters. The van der Waals surface area contributed by atoms with Crippen molar-refractivity contribution < 1.29 is 28.7 Å². The van der Waals surface area contributed by atoms with Gasteiger partial charge in [-0.05, 0) is 85.0 Å². The zero-order valence-corrected chi connectivity index (χ0v) is 33.3. The molecule has 308 valence electrons. The van der Waals surface area contributed by atoms with Crippen molar-refractivity contribution in [3.63, 3.8) is 0 Å². The molecule has 58 heavy (non-hydrogen) atoms. The fourth-order valence-corrected chi connectivity index (χ4v) is 6.89. The van der Waals surface area contributed by atoms with Crippen LogP contribution in [-0.4, -0.2) is 62.5 Å².